The van der Waals surface area contributed by atoms with Crippen LogP contribution in [0.25, 0.3) is 0 Å². The molecular formula is C16H22N2O. The maximum Gasteiger partial charge on any atom is 0.254 e. The molecule has 0 aromatic heterocycles. The molecule has 2 aliphatic rings. The molecule has 2 atom stereocenters. The van der Waals surface area contributed by atoms with Crippen LogP contribution in [0, 0.1) is 19.8 Å². The van der Waals surface area contributed by atoms with Gasteiger partial charge in [0.2, 0.25) is 0 Å². The maximum atomic E-state index is 12.8. The average molecular weight is 258 g/mol. The van der Waals surface area contributed by atoms with Crippen LogP contribution < -0.4 is 5.32 Å². The highest BCUT2D eigenvalue weighted by atomic mass is 16.2. The summed E-state index contributed by atoms with van der Waals surface area (Å²) >= 11 is 0. The molecule has 0 saturated carbocycles. The van der Waals surface area contributed by atoms with Crippen LogP contribution in [0.2, 0.25) is 0 Å². The highest BCUT2D eigenvalue weighted by Crippen LogP contribution is 2.28. The van der Waals surface area contributed by atoms with Gasteiger partial charge in [0, 0.05) is 31.2 Å². The highest BCUT2D eigenvalue weighted by Gasteiger charge is 2.37. The number of rotatable bonds is 1. The minimum Gasteiger partial charge on any atom is -0.334 e. The van der Waals surface area contributed by atoms with E-state index in [1.54, 1.807) is 0 Å². The van der Waals surface area contributed by atoms with Crippen LogP contribution in [-0.2, 0) is 0 Å². The Bertz CT molecular complexity index is 498. The molecule has 0 radical (unpaired) electrons. The van der Waals surface area contributed by atoms with Crippen molar-refractivity contribution in [3.63, 3.8) is 0 Å². The van der Waals surface area contributed by atoms with Crippen molar-refractivity contribution in [1.29, 1.82) is 0 Å². The SMILES string of the molecule is Cc1ccc(C)c(C(=O)N2CCCC3CNCC32)c1. The first-order chi connectivity index (χ1) is 9.16. The number of amides is 1. The molecule has 0 aliphatic carbocycles. The van der Waals surface area contributed by atoms with Gasteiger partial charge in [0.25, 0.3) is 5.91 Å². The van der Waals surface area contributed by atoms with Gasteiger partial charge in [-0.3, -0.25) is 4.79 Å². The standard InChI is InChI=1S/C16H22N2O/c1-11-5-6-12(2)14(8-11)16(19)18-7-3-4-13-9-17-10-15(13)18/h5-6,8,13,15,17H,3-4,7,9-10H2,1-2H3. The molecule has 2 fully saturated rings. The number of hydrogen-bond donors (Lipinski definition) is 1. The number of carbonyl (C=O) groups excluding carboxylic acids is 1. The zero-order valence-electron chi connectivity index (χ0n) is 11.8. The first-order valence-electron chi connectivity index (χ1n) is 7.26. The lowest BCUT2D eigenvalue weighted by Gasteiger charge is -2.37. The van der Waals surface area contributed by atoms with E-state index in [-0.39, 0.29) is 5.91 Å². The van der Waals surface area contributed by atoms with Gasteiger partial charge in [0.15, 0.2) is 0 Å². The normalized spacial score (nSPS) is 26.3. The number of nitrogens with one attached hydrogen (secondary N) is 1. The molecule has 2 aliphatic heterocycles. The monoisotopic (exact) mass is 258 g/mol. The predicted octanol–water partition coefficient (Wildman–Crippen LogP) is 2.13. The smallest absolute Gasteiger partial charge is 0.254 e. The predicted molar refractivity (Wildman–Crippen MR) is 76.3 cm³/mol. The largest absolute Gasteiger partial charge is 0.334 e. The summed E-state index contributed by atoms with van der Waals surface area (Å²) < 4.78 is 0. The molecule has 1 amide bonds. The summed E-state index contributed by atoms with van der Waals surface area (Å²) in [5, 5.41) is 3.43. The Kier molecular flexibility index (Phi) is 3.31. The van der Waals surface area contributed by atoms with Crippen LogP contribution in [0.5, 0.6) is 0 Å². The molecule has 1 aromatic carbocycles. The number of likely N-dealkylation sites (tertiary alicyclic amines) is 1. The third-order valence-electron chi connectivity index (χ3n) is 4.56. The van der Waals surface area contributed by atoms with Crippen LogP contribution in [0.15, 0.2) is 18.2 Å². The fourth-order valence-electron chi connectivity index (χ4n) is 3.44. The number of hydrogen-bond acceptors (Lipinski definition) is 2. The Morgan fingerprint density at radius 3 is 3.00 bits per heavy atom. The first-order valence-corrected chi connectivity index (χ1v) is 7.26. The lowest BCUT2D eigenvalue weighted by molar-refractivity contribution is 0.0574. The second-order valence-corrected chi connectivity index (χ2v) is 5.94. The Labute approximate surface area is 115 Å². The fraction of sp³-hybridized carbons (Fsp3) is 0.562. The molecule has 3 nitrogen and oxygen atoms in total. The van der Waals surface area contributed by atoms with Gasteiger partial charge >= 0.3 is 0 Å². The molecular weight excluding hydrogens is 236 g/mol. The number of carbonyl (C=O) groups is 1. The zero-order chi connectivity index (χ0) is 13.4. The second kappa shape index (κ2) is 4.97. The van der Waals surface area contributed by atoms with Crippen LogP contribution >= 0.6 is 0 Å². The summed E-state index contributed by atoms with van der Waals surface area (Å²) in [7, 11) is 0. The summed E-state index contributed by atoms with van der Waals surface area (Å²) in [6.45, 7) is 7.02. The van der Waals surface area contributed by atoms with Crippen molar-refractivity contribution < 1.29 is 4.79 Å². The highest BCUT2D eigenvalue weighted by molar-refractivity contribution is 5.96. The molecule has 0 bridgehead atoms. The van der Waals surface area contributed by atoms with Gasteiger partial charge in [0.05, 0.1) is 0 Å². The van der Waals surface area contributed by atoms with Crippen molar-refractivity contribution in [3.05, 3.63) is 34.9 Å². The summed E-state index contributed by atoms with van der Waals surface area (Å²) in [6, 6.07) is 6.56. The minimum absolute atomic E-state index is 0.222. The number of aryl methyl sites for hydroxylation is 2. The molecule has 3 rings (SSSR count). The minimum atomic E-state index is 0.222. The molecule has 1 aromatic rings. The quantitative estimate of drug-likeness (QED) is 0.837. The van der Waals surface area contributed by atoms with Gasteiger partial charge in [-0.05, 0) is 44.2 Å². The van der Waals surface area contributed by atoms with E-state index in [0.29, 0.717) is 12.0 Å². The molecule has 0 spiro atoms. The van der Waals surface area contributed by atoms with E-state index in [2.05, 4.69) is 22.3 Å². The van der Waals surface area contributed by atoms with Crippen molar-refractivity contribution in [3.8, 4) is 0 Å². The van der Waals surface area contributed by atoms with Crippen LogP contribution in [0.1, 0.15) is 34.3 Å². The second-order valence-electron chi connectivity index (χ2n) is 5.94. The summed E-state index contributed by atoms with van der Waals surface area (Å²) in [4.78, 5) is 14.9. The number of piperidine rings is 1. The molecule has 2 unspecified atom stereocenters. The average Bonchev–Trinajstić information content (AvgIpc) is 2.89. The fourth-order valence-corrected chi connectivity index (χ4v) is 3.44. The Hall–Kier alpha value is -1.35. The molecule has 3 heteroatoms. The number of nitrogens with zero attached hydrogens (tertiary/aromatic N) is 1. The third-order valence-corrected chi connectivity index (χ3v) is 4.56. The third kappa shape index (κ3) is 2.27. The lowest BCUT2D eigenvalue weighted by atomic mass is 9.91. The van der Waals surface area contributed by atoms with E-state index in [9.17, 15) is 4.79 Å². The topological polar surface area (TPSA) is 32.3 Å². The van der Waals surface area contributed by atoms with Crippen molar-refractivity contribution in [2.45, 2.75) is 32.7 Å². The van der Waals surface area contributed by atoms with Crippen LogP contribution in [-0.4, -0.2) is 36.5 Å². The Morgan fingerprint density at radius 1 is 1.32 bits per heavy atom. The van der Waals surface area contributed by atoms with Crippen molar-refractivity contribution in [2.75, 3.05) is 19.6 Å². The van der Waals surface area contributed by atoms with Crippen LogP contribution in [0.4, 0.5) is 0 Å². The van der Waals surface area contributed by atoms with E-state index in [1.807, 2.05) is 19.9 Å². The Balaban J connectivity index is 1.88. The van der Waals surface area contributed by atoms with Crippen molar-refractivity contribution in [2.24, 2.45) is 5.92 Å². The number of fused-ring (bicyclic) bond motifs is 1. The van der Waals surface area contributed by atoms with Gasteiger partial charge in [0.1, 0.15) is 0 Å². The first kappa shape index (κ1) is 12.7. The molecule has 2 saturated heterocycles. The lowest BCUT2D eigenvalue weighted by Crippen LogP contribution is -2.48. The van der Waals surface area contributed by atoms with Gasteiger partial charge in [-0.25, -0.2) is 0 Å². The number of benzene rings is 1. The molecule has 102 valence electrons. The van der Waals surface area contributed by atoms with Crippen molar-refractivity contribution in [1.82, 2.24) is 10.2 Å². The van der Waals surface area contributed by atoms with E-state index in [0.717, 1.165) is 42.7 Å². The summed E-state index contributed by atoms with van der Waals surface area (Å²) in [6.07, 6.45) is 2.40. The Morgan fingerprint density at radius 2 is 2.16 bits per heavy atom. The zero-order valence-corrected chi connectivity index (χ0v) is 11.8. The van der Waals surface area contributed by atoms with E-state index in [4.69, 9.17) is 0 Å². The van der Waals surface area contributed by atoms with E-state index in [1.165, 1.54) is 6.42 Å². The van der Waals surface area contributed by atoms with Crippen molar-refractivity contribution >= 4 is 5.91 Å². The maximum absolute atomic E-state index is 12.8. The molecule has 2 heterocycles. The van der Waals surface area contributed by atoms with E-state index < -0.39 is 0 Å². The van der Waals surface area contributed by atoms with E-state index >= 15 is 0 Å². The van der Waals surface area contributed by atoms with Gasteiger partial charge in [-0.15, -0.1) is 0 Å². The van der Waals surface area contributed by atoms with Gasteiger partial charge in [-0.2, -0.15) is 0 Å². The van der Waals surface area contributed by atoms with Gasteiger partial charge in [-0.1, -0.05) is 17.7 Å². The summed E-state index contributed by atoms with van der Waals surface area (Å²) in [5.41, 5.74) is 3.13. The molecule has 19 heavy (non-hydrogen) atoms. The van der Waals surface area contributed by atoms with Crippen LogP contribution in [0.3, 0.4) is 0 Å². The summed E-state index contributed by atoms with van der Waals surface area (Å²) in [5.74, 6) is 0.877. The van der Waals surface area contributed by atoms with Gasteiger partial charge < -0.3 is 10.2 Å². The molecule has 1 N–H and O–H groups in total.